The number of aromatic nitrogens is 1. The maximum atomic E-state index is 5.72. The first-order chi connectivity index (χ1) is 7.25. The Kier molecular flexibility index (Phi) is 3.23. The summed E-state index contributed by atoms with van der Waals surface area (Å²) in [4.78, 5) is 6.24. The molecule has 4 heteroatoms. The van der Waals surface area contributed by atoms with Crippen molar-refractivity contribution < 1.29 is 0 Å². The molecular formula is C11H11ClN2S. The van der Waals surface area contributed by atoms with Crippen LogP contribution in [0, 0.1) is 0 Å². The normalized spacial score (nSPS) is 10.3. The zero-order valence-corrected chi connectivity index (χ0v) is 9.92. The van der Waals surface area contributed by atoms with Crippen LogP contribution in [0.2, 0.25) is 5.15 Å². The van der Waals surface area contributed by atoms with Gasteiger partial charge in [0.1, 0.15) is 5.15 Å². The van der Waals surface area contributed by atoms with Crippen LogP contribution in [0.1, 0.15) is 5.56 Å². The minimum Gasteiger partial charge on any atom is -0.370 e. The van der Waals surface area contributed by atoms with Crippen molar-refractivity contribution in [1.82, 2.24) is 4.98 Å². The van der Waals surface area contributed by atoms with Gasteiger partial charge in [-0.3, -0.25) is 0 Å². The van der Waals surface area contributed by atoms with Crippen molar-refractivity contribution in [2.75, 3.05) is 11.9 Å². The topological polar surface area (TPSA) is 16.1 Å². The fourth-order valence-corrected chi connectivity index (χ4v) is 2.15. The molecule has 0 spiro atoms. The highest BCUT2D eigenvalue weighted by atomic mass is 35.5. The second-order valence-electron chi connectivity index (χ2n) is 3.33. The Morgan fingerprint density at radius 3 is 2.87 bits per heavy atom. The van der Waals surface area contributed by atoms with Crippen molar-refractivity contribution in [2.24, 2.45) is 0 Å². The molecule has 0 radical (unpaired) electrons. The Morgan fingerprint density at radius 1 is 1.40 bits per heavy atom. The molecular weight excluding hydrogens is 228 g/mol. The van der Waals surface area contributed by atoms with E-state index in [2.05, 4.69) is 33.8 Å². The van der Waals surface area contributed by atoms with E-state index >= 15 is 0 Å². The molecule has 15 heavy (non-hydrogen) atoms. The molecule has 0 aliphatic heterocycles. The van der Waals surface area contributed by atoms with Crippen LogP contribution in [0.4, 0.5) is 5.69 Å². The average Bonchev–Trinajstić information content (AvgIpc) is 2.74. The second-order valence-corrected chi connectivity index (χ2v) is 4.49. The quantitative estimate of drug-likeness (QED) is 0.762. The number of anilines is 1. The van der Waals surface area contributed by atoms with Gasteiger partial charge in [-0.05, 0) is 23.1 Å². The fourth-order valence-electron chi connectivity index (χ4n) is 1.34. The van der Waals surface area contributed by atoms with Gasteiger partial charge in [0.15, 0.2) is 0 Å². The molecule has 2 nitrogen and oxygen atoms in total. The SMILES string of the molecule is CN(Cc1ccc(Cl)nc1)c1ccsc1. The van der Waals surface area contributed by atoms with Crippen LogP contribution < -0.4 is 4.90 Å². The van der Waals surface area contributed by atoms with Gasteiger partial charge in [0, 0.05) is 30.9 Å². The van der Waals surface area contributed by atoms with Gasteiger partial charge >= 0.3 is 0 Å². The number of thiophene rings is 1. The third-order valence-electron chi connectivity index (χ3n) is 2.16. The van der Waals surface area contributed by atoms with Crippen LogP contribution in [0.3, 0.4) is 0 Å². The van der Waals surface area contributed by atoms with E-state index in [1.54, 1.807) is 11.3 Å². The summed E-state index contributed by atoms with van der Waals surface area (Å²) in [5.74, 6) is 0. The average molecular weight is 239 g/mol. The molecule has 0 aliphatic carbocycles. The van der Waals surface area contributed by atoms with E-state index in [1.165, 1.54) is 5.69 Å². The lowest BCUT2D eigenvalue weighted by molar-refractivity contribution is 0.918. The standard InChI is InChI=1S/C11H11ClN2S/c1-14(10-4-5-15-8-10)7-9-2-3-11(12)13-6-9/h2-6,8H,7H2,1H3. The minimum absolute atomic E-state index is 0.539. The molecule has 2 rings (SSSR count). The molecule has 0 atom stereocenters. The molecule has 2 aromatic rings. The number of halogens is 1. The molecule has 0 aromatic carbocycles. The van der Waals surface area contributed by atoms with E-state index in [9.17, 15) is 0 Å². The van der Waals surface area contributed by atoms with Crippen LogP contribution in [0.15, 0.2) is 35.2 Å². The molecule has 0 N–H and O–H groups in total. The smallest absolute Gasteiger partial charge is 0.129 e. The van der Waals surface area contributed by atoms with Gasteiger partial charge in [-0.2, -0.15) is 11.3 Å². The summed E-state index contributed by atoms with van der Waals surface area (Å²) in [6.07, 6.45) is 1.81. The van der Waals surface area contributed by atoms with Crippen LogP contribution in [0.25, 0.3) is 0 Å². The van der Waals surface area contributed by atoms with E-state index in [4.69, 9.17) is 11.6 Å². The molecule has 78 valence electrons. The van der Waals surface area contributed by atoms with Gasteiger partial charge in [-0.1, -0.05) is 17.7 Å². The molecule has 0 bridgehead atoms. The lowest BCUT2D eigenvalue weighted by Gasteiger charge is -2.17. The van der Waals surface area contributed by atoms with E-state index in [0.29, 0.717) is 5.15 Å². The summed E-state index contributed by atoms with van der Waals surface area (Å²) < 4.78 is 0. The van der Waals surface area contributed by atoms with Gasteiger partial charge in [-0.25, -0.2) is 4.98 Å². The van der Waals surface area contributed by atoms with Gasteiger partial charge in [0.05, 0.1) is 0 Å². The van der Waals surface area contributed by atoms with Crippen LogP contribution in [0.5, 0.6) is 0 Å². The highest BCUT2D eigenvalue weighted by molar-refractivity contribution is 7.08. The van der Waals surface area contributed by atoms with E-state index in [0.717, 1.165) is 12.1 Å². The van der Waals surface area contributed by atoms with Crippen molar-refractivity contribution >= 4 is 28.6 Å². The molecule has 2 heterocycles. The Hall–Kier alpha value is -1.06. The largest absolute Gasteiger partial charge is 0.370 e. The molecule has 0 amide bonds. The number of pyridine rings is 1. The first-order valence-electron chi connectivity index (χ1n) is 4.59. The Morgan fingerprint density at radius 2 is 2.27 bits per heavy atom. The van der Waals surface area contributed by atoms with Crippen molar-refractivity contribution in [3.05, 3.63) is 45.9 Å². The Bertz CT molecular complexity index is 411. The predicted octanol–water partition coefficient (Wildman–Crippen LogP) is 3.43. The maximum Gasteiger partial charge on any atom is 0.129 e. The lowest BCUT2D eigenvalue weighted by Crippen LogP contribution is -2.15. The molecule has 0 aliphatic rings. The zero-order valence-electron chi connectivity index (χ0n) is 8.35. The Labute approximate surface area is 98.1 Å². The molecule has 0 saturated carbocycles. The fraction of sp³-hybridized carbons (Fsp3) is 0.182. The summed E-state index contributed by atoms with van der Waals surface area (Å²) in [5.41, 5.74) is 2.39. The minimum atomic E-state index is 0.539. The summed E-state index contributed by atoms with van der Waals surface area (Å²) in [6, 6.07) is 5.92. The molecule has 0 unspecified atom stereocenters. The number of nitrogens with zero attached hydrogens (tertiary/aromatic N) is 2. The van der Waals surface area contributed by atoms with Crippen LogP contribution in [-0.2, 0) is 6.54 Å². The number of hydrogen-bond donors (Lipinski definition) is 0. The van der Waals surface area contributed by atoms with E-state index in [1.807, 2.05) is 18.3 Å². The third kappa shape index (κ3) is 2.70. The summed E-state index contributed by atoms with van der Waals surface area (Å²) in [5, 5.41) is 4.74. The van der Waals surface area contributed by atoms with Gasteiger partial charge in [0.2, 0.25) is 0 Å². The first-order valence-corrected chi connectivity index (χ1v) is 5.91. The van der Waals surface area contributed by atoms with E-state index in [-0.39, 0.29) is 0 Å². The highest BCUT2D eigenvalue weighted by Gasteiger charge is 2.02. The van der Waals surface area contributed by atoms with Gasteiger partial charge < -0.3 is 4.90 Å². The summed E-state index contributed by atoms with van der Waals surface area (Å²) >= 11 is 7.43. The number of rotatable bonds is 3. The summed E-state index contributed by atoms with van der Waals surface area (Å²) in [7, 11) is 2.07. The molecule has 0 saturated heterocycles. The molecule has 2 aromatic heterocycles. The van der Waals surface area contributed by atoms with Crippen molar-refractivity contribution in [3.63, 3.8) is 0 Å². The van der Waals surface area contributed by atoms with Crippen molar-refractivity contribution in [1.29, 1.82) is 0 Å². The second kappa shape index (κ2) is 4.64. The monoisotopic (exact) mass is 238 g/mol. The van der Waals surface area contributed by atoms with Crippen molar-refractivity contribution in [2.45, 2.75) is 6.54 Å². The Balaban J connectivity index is 2.06. The van der Waals surface area contributed by atoms with Crippen LogP contribution in [-0.4, -0.2) is 12.0 Å². The number of hydrogen-bond acceptors (Lipinski definition) is 3. The summed E-state index contributed by atoms with van der Waals surface area (Å²) in [6.45, 7) is 0.848. The zero-order chi connectivity index (χ0) is 10.7. The van der Waals surface area contributed by atoms with E-state index < -0.39 is 0 Å². The van der Waals surface area contributed by atoms with Crippen LogP contribution >= 0.6 is 22.9 Å². The predicted molar refractivity (Wildman–Crippen MR) is 65.7 cm³/mol. The lowest BCUT2D eigenvalue weighted by atomic mass is 10.2. The first kappa shape index (κ1) is 10.5. The highest BCUT2D eigenvalue weighted by Crippen LogP contribution is 2.18. The molecule has 0 fully saturated rings. The van der Waals surface area contributed by atoms with Gasteiger partial charge in [0.25, 0.3) is 0 Å². The van der Waals surface area contributed by atoms with Crippen molar-refractivity contribution in [3.8, 4) is 0 Å². The maximum absolute atomic E-state index is 5.72. The van der Waals surface area contributed by atoms with Gasteiger partial charge in [-0.15, -0.1) is 0 Å². The third-order valence-corrected chi connectivity index (χ3v) is 3.05.